The van der Waals surface area contributed by atoms with E-state index in [9.17, 15) is 9.90 Å². The normalized spacial score (nSPS) is 11.6. The maximum Gasteiger partial charge on any atom is 0.420 e. The van der Waals surface area contributed by atoms with E-state index in [4.69, 9.17) is 4.74 Å². The fraction of sp³-hybridized carbons (Fsp3) is 0.636. The van der Waals surface area contributed by atoms with Crippen LogP contribution in [-0.2, 0) is 11.3 Å². The first-order valence-electron chi connectivity index (χ1n) is 5.15. The van der Waals surface area contributed by atoms with Gasteiger partial charge in [-0.3, -0.25) is 0 Å². The Labute approximate surface area is 95.1 Å². The van der Waals surface area contributed by atoms with Crippen molar-refractivity contribution in [1.29, 1.82) is 0 Å². The molecule has 0 saturated heterocycles. The fourth-order valence-corrected chi connectivity index (χ4v) is 1.45. The van der Waals surface area contributed by atoms with Crippen LogP contribution >= 0.6 is 0 Å². The van der Waals surface area contributed by atoms with Crippen molar-refractivity contribution in [3.8, 4) is 0 Å². The van der Waals surface area contributed by atoms with Gasteiger partial charge >= 0.3 is 6.09 Å². The third-order valence-electron chi connectivity index (χ3n) is 2.07. The zero-order valence-corrected chi connectivity index (χ0v) is 10.4. The Morgan fingerprint density at radius 1 is 1.44 bits per heavy atom. The Balaban J connectivity index is 3.08. The Morgan fingerprint density at radius 2 is 2.00 bits per heavy atom. The third-order valence-corrected chi connectivity index (χ3v) is 2.07. The summed E-state index contributed by atoms with van der Waals surface area (Å²) in [6, 6.07) is 0. The standard InChI is InChI=1S/C11H18N2O3/c1-7-9(6-14)13(8(2)12-7)10(15)16-11(3,4)5/h14H,6H2,1-5H3. The summed E-state index contributed by atoms with van der Waals surface area (Å²) < 4.78 is 6.54. The summed E-state index contributed by atoms with van der Waals surface area (Å²) >= 11 is 0. The van der Waals surface area contributed by atoms with Crippen molar-refractivity contribution in [1.82, 2.24) is 9.55 Å². The van der Waals surface area contributed by atoms with Crippen molar-refractivity contribution in [3.05, 3.63) is 17.2 Å². The highest BCUT2D eigenvalue weighted by Crippen LogP contribution is 2.15. The molecule has 0 amide bonds. The Hall–Kier alpha value is -1.36. The van der Waals surface area contributed by atoms with Gasteiger partial charge in [0.25, 0.3) is 0 Å². The van der Waals surface area contributed by atoms with Crippen LogP contribution in [-0.4, -0.2) is 26.4 Å². The Bertz CT molecular complexity index is 402. The Kier molecular flexibility index (Phi) is 3.38. The summed E-state index contributed by atoms with van der Waals surface area (Å²) in [6.07, 6.45) is -0.505. The molecule has 0 spiro atoms. The van der Waals surface area contributed by atoms with Gasteiger partial charge in [0.1, 0.15) is 11.4 Å². The first-order valence-corrected chi connectivity index (χ1v) is 5.15. The highest BCUT2D eigenvalue weighted by molar-refractivity contribution is 5.73. The monoisotopic (exact) mass is 226 g/mol. The molecule has 0 aliphatic carbocycles. The molecule has 0 aliphatic heterocycles. The topological polar surface area (TPSA) is 64.4 Å². The summed E-state index contributed by atoms with van der Waals surface area (Å²) in [5, 5.41) is 9.19. The Morgan fingerprint density at radius 3 is 2.44 bits per heavy atom. The molecule has 1 rings (SSSR count). The van der Waals surface area contributed by atoms with Gasteiger partial charge in [-0.15, -0.1) is 0 Å². The van der Waals surface area contributed by atoms with Gasteiger partial charge in [0.15, 0.2) is 0 Å². The van der Waals surface area contributed by atoms with Gasteiger partial charge in [-0.1, -0.05) is 0 Å². The summed E-state index contributed by atoms with van der Waals surface area (Å²) in [5.41, 5.74) is 0.562. The number of aromatic nitrogens is 2. The van der Waals surface area contributed by atoms with Gasteiger partial charge in [-0.05, 0) is 34.6 Å². The number of aliphatic hydroxyl groups excluding tert-OH is 1. The van der Waals surface area contributed by atoms with Gasteiger partial charge in [0, 0.05) is 0 Å². The summed E-state index contributed by atoms with van der Waals surface area (Å²) in [5.74, 6) is 0.524. The van der Waals surface area contributed by atoms with Crippen LogP contribution in [0, 0.1) is 13.8 Å². The van der Waals surface area contributed by atoms with Crippen LogP contribution in [0.25, 0.3) is 0 Å². The number of aryl methyl sites for hydroxylation is 2. The zero-order valence-electron chi connectivity index (χ0n) is 10.4. The summed E-state index contributed by atoms with van der Waals surface area (Å²) in [4.78, 5) is 16.0. The van der Waals surface area contributed by atoms with Crippen LogP contribution in [0.1, 0.15) is 38.0 Å². The number of hydrogen-bond acceptors (Lipinski definition) is 4. The molecule has 0 fully saturated rings. The SMILES string of the molecule is Cc1nc(C)n(C(=O)OC(C)(C)C)c1CO. The second kappa shape index (κ2) is 4.25. The van der Waals surface area contributed by atoms with Crippen LogP contribution < -0.4 is 0 Å². The number of ether oxygens (including phenoxy) is 1. The molecule has 1 aromatic rings. The smallest absolute Gasteiger partial charge is 0.420 e. The number of aliphatic hydroxyl groups is 1. The number of hydrogen-bond donors (Lipinski definition) is 1. The number of nitrogens with zero attached hydrogens (tertiary/aromatic N) is 2. The number of rotatable bonds is 1. The minimum Gasteiger partial charge on any atom is -0.443 e. The molecule has 0 bridgehead atoms. The molecule has 1 aromatic heterocycles. The molecule has 0 radical (unpaired) electrons. The number of carbonyl (C=O) groups excluding carboxylic acids is 1. The molecule has 0 atom stereocenters. The van der Waals surface area contributed by atoms with E-state index in [2.05, 4.69) is 4.98 Å². The van der Waals surface area contributed by atoms with Crippen molar-refractivity contribution < 1.29 is 14.6 Å². The zero-order chi connectivity index (χ0) is 12.5. The largest absolute Gasteiger partial charge is 0.443 e. The lowest BCUT2D eigenvalue weighted by molar-refractivity contribution is 0.0521. The van der Waals surface area contributed by atoms with Gasteiger partial charge < -0.3 is 9.84 Å². The van der Waals surface area contributed by atoms with Crippen LogP contribution in [0.3, 0.4) is 0 Å². The van der Waals surface area contributed by atoms with Gasteiger partial charge in [-0.25, -0.2) is 14.3 Å². The average Bonchev–Trinajstić information content (AvgIpc) is 2.37. The maximum absolute atomic E-state index is 11.9. The lowest BCUT2D eigenvalue weighted by Gasteiger charge is -2.20. The summed E-state index contributed by atoms with van der Waals surface area (Å²) in [7, 11) is 0. The second-order valence-corrected chi connectivity index (χ2v) is 4.66. The first-order chi connectivity index (χ1) is 7.26. The van der Waals surface area contributed by atoms with Crippen molar-refractivity contribution >= 4 is 6.09 Å². The average molecular weight is 226 g/mol. The molecule has 0 unspecified atom stereocenters. The van der Waals surface area contributed by atoms with Crippen LogP contribution in [0.2, 0.25) is 0 Å². The van der Waals surface area contributed by atoms with Gasteiger partial charge in [-0.2, -0.15) is 0 Å². The van der Waals surface area contributed by atoms with E-state index in [0.29, 0.717) is 17.2 Å². The number of imidazole rings is 1. The molecule has 5 heteroatoms. The van der Waals surface area contributed by atoms with E-state index in [0.717, 1.165) is 0 Å². The quantitative estimate of drug-likeness (QED) is 0.792. The highest BCUT2D eigenvalue weighted by atomic mass is 16.6. The van der Waals surface area contributed by atoms with Crippen LogP contribution in [0.4, 0.5) is 4.79 Å². The minimum absolute atomic E-state index is 0.230. The molecule has 0 saturated carbocycles. The van der Waals surface area contributed by atoms with E-state index in [1.165, 1.54) is 4.57 Å². The van der Waals surface area contributed by atoms with E-state index in [1.54, 1.807) is 34.6 Å². The van der Waals surface area contributed by atoms with Crippen molar-refractivity contribution in [2.24, 2.45) is 0 Å². The minimum atomic E-state index is -0.561. The molecule has 90 valence electrons. The predicted octanol–water partition coefficient (Wildman–Crippen LogP) is 1.78. The molecular formula is C11H18N2O3. The van der Waals surface area contributed by atoms with E-state index in [1.807, 2.05) is 0 Å². The third kappa shape index (κ3) is 2.61. The maximum atomic E-state index is 11.9. The van der Waals surface area contributed by atoms with Crippen LogP contribution in [0.15, 0.2) is 0 Å². The molecule has 0 aromatic carbocycles. The van der Waals surface area contributed by atoms with Crippen LogP contribution in [0.5, 0.6) is 0 Å². The molecule has 1 N–H and O–H groups in total. The number of carbonyl (C=O) groups is 1. The fourth-order valence-electron chi connectivity index (χ4n) is 1.45. The molecule has 1 heterocycles. The van der Waals surface area contributed by atoms with Crippen molar-refractivity contribution in [2.45, 2.75) is 46.8 Å². The summed E-state index contributed by atoms with van der Waals surface area (Å²) in [6.45, 7) is 8.61. The molecular weight excluding hydrogens is 208 g/mol. The van der Waals surface area contributed by atoms with Crippen molar-refractivity contribution in [2.75, 3.05) is 0 Å². The highest BCUT2D eigenvalue weighted by Gasteiger charge is 2.22. The first kappa shape index (κ1) is 12.7. The molecule has 5 nitrogen and oxygen atoms in total. The van der Waals surface area contributed by atoms with E-state index in [-0.39, 0.29) is 6.61 Å². The second-order valence-electron chi connectivity index (χ2n) is 4.66. The lowest BCUT2D eigenvalue weighted by Crippen LogP contribution is -2.28. The van der Waals surface area contributed by atoms with E-state index < -0.39 is 11.7 Å². The van der Waals surface area contributed by atoms with Gasteiger partial charge in [0.05, 0.1) is 18.0 Å². The lowest BCUT2D eigenvalue weighted by atomic mass is 10.2. The van der Waals surface area contributed by atoms with Gasteiger partial charge in [0.2, 0.25) is 0 Å². The molecule has 16 heavy (non-hydrogen) atoms. The van der Waals surface area contributed by atoms with Crippen molar-refractivity contribution in [3.63, 3.8) is 0 Å². The van der Waals surface area contributed by atoms with E-state index >= 15 is 0 Å². The molecule has 0 aliphatic rings. The predicted molar refractivity (Wildman–Crippen MR) is 59.3 cm³/mol.